The van der Waals surface area contributed by atoms with Crippen molar-refractivity contribution >= 4 is 40.1 Å². The number of rotatable bonds is 5. The normalized spacial score (nSPS) is 19.6. The predicted octanol–water partition coefficient (Wildman–Crippen LogP) is 3.08. The Balaban J connectivity index is 1.19. The lowest BCUT2D eigenvalue weighted by atomic mass is 10.2. The van der Waals surface area contributed by atoms with E-state index in [2.05, 4.69) is 35.5 Å². The van der Waals surface area contributed by atoms with Crippen LogP contribution in [0.4, 0.5) is 29.0 Å². The van der Waals surface area contributed by atoms with Crippen LogP contribution in [0.5, 0.6) is 0 Å². The topological polar surface area (TPSA) is 121 Å². The molecule has 2 bridgehead atoms. The van der Waals surface area contributed by atoms with Gasteiger partial charge in [0.2, 0.25) is 5.95 Å². The van der Waals surface area contributed by atoms with Crippen molar-refractivity contribution in [2.24, 2.45) is 0 Å². The summed E-state index contributed by atoms with van der Waals surface area (Å²) in [5.74, 6) is 1.60. The van der Waals surface area contributed by atoms with Gasteiger partial charge in [-0.25, -0.2) is 14.8 Å². The summed E-state index contributed by atoms with van der Waals surface area (Å²) in [6.07, 6.45) is 4.96. The fourth-order valence-electron chi connectivity index (χ4n) is 4.23. The number of nitrogens with one attached hydrogen (secondary N) is 3. The smallest absolute Gasteiger partial charge is 0.408 e. The Labute approximate surface area is 182 Å². The maximum atomic E-state index is 11.4. The third-order valence-corrected chi connectivity index (χ3v) is 5.85. The number of aryl methyl sites for hydroxylation is 1. The molecule has 10 heteroatoms. The van der Waals surface area contributed by atoms with Crippen molar-refractivity contribution in [3.63, 3.8) is 0 Å². The molecule has 2 atom stereocenters. The minimum Gasteiger partial charge on any atom is -0.408 e. The highest BCUT2D eigenvalue weighted by atomic mass is 16.5. The Morgan fingerprint density at radius 1 is 1.12 bits per heavy atom. The Morgan fingerprint density at radius 3 is 2.81 bits per heavy atom. The molecule has 2 aliphatic rings. The van der Waals surface area contributed by atoms with E-state index in [1.165, 1.54) is 0 Å². The van der Waals surface area contributed by atoms with Crippen LogP contribution in [0, 0.1) is 6.92 Å². The van der Waals surface area contributed by atoms with Crippen molar-refractivity contribution in [1.82, 2.24) is 19.9 Å². The first kappa shape index (κ1) is 18.8. The first-order chi connectivity index (χ1) is 15.6. The van der Waals surface area contributed by atoms with E-state index < -0.39 is 5.76 Å². The molecule has 3 aromatic heterocycles. The summed E-state index contributed by atoms with van der Waals surface area (Å²) >= 11 is 0. The average molecular weight is 431 g/mol. The molecule has 2 fully saturated rings. The van der Waals surface area contributed by atoms with Crippen LogP contribution in [0.15, 0.2) is 51.9 Å². The molecule has 0 unspecified atom stereocenters. The Morgan fingerprint density at radius 2 is 2.03 bits per heavy atom. The number of nitrogens with zero attached hydrogens (tertiary/aromatic N) is 4. The number of fused-ring (bicyclic) bond motifs is 3. The number of benzene rings is 1. The number of aromatic amines is 1. The van der Waals surface area contributed by atoms with E-state index in [4.69, 9.17) is 9.15 Å². The minimum atomic E-state index is -0.480. The number of oxazole rings is 1. The largest absolute Gasteiger partial charge is 0.417 e. The highest BCUT2D eigenvalue weighted by Crippen LogP contribution is 2.32. The molecule has 2 aliphatic heterocycles. The molecule has 32 heavy (non-hydrogen) atoms. The zero-order chi connectivity index (χ0) is 21.7. The molecular weight excluding hydrogens is 410 g/mol. The van der Waals surface area contributed by atoms with Crippen LogP contribution in [0.3, 0.4) is 0 Å². The Bertz CT molecular complexity index is 1350. The van der Waals surface area contributed by atoms with Gasteiger partial charge in [0.05, 0.1) is 36.2 Å². The van der Waals surface area contributed by atoms with Crippen molar-refractivity contribution < 1.29 is 9.15 Å². The van der Waals surface area contributed by atoms with Gasteiger partial charge in [0.1, 0.15) is 11.6 Å². The molecule has 0 spiro atoms. The minimum absolute atomic E-state index is 0.334. The number of ether oxygens (including phenoxy) is 1. The van der Waals surface area contributed by atoms with Gasteiger partial charge in [-0.1, -0.05) is 0 Å². The lowest BCUT2D eigenvalue weighted by Gasteiger charge is -2.27. The molecule has 0 aliphatic carbocycles. The van der Waals surface area contributed by atoms with Crippen molar-refractivity contribution in [3.05, 3.63) is 58.8 Å². The number of hydrogen-bond acceptors (Lipinski definition) is 9. The molecule has 0 radical (unpaired) electrons. The van der Waals surface area contributed by atoms with Gasteiger partial charge >= 0.3 is 5.76 Å². The van der Waals surface area contributed by atoms with Gasteiger partial charge in [-0.2, -0.15) is 4.98 Å². The monoisotopic (exact) mass is 431 g/mol. The predicted molar refractivity (Wildman–Crippen MR) is 120 cm³/mol. The van der Waals surface area contributed by atoms with E-state index in [-0.39, 0.29) is 0 Å². The summed E-state index contributed by atoms with van der Waals surface area (Å²) < 4.78 is 10.7. The SMILES string of the molecule is Cc1cnc(Nc2ccc(N3C[C@@H]4C[C@H]3CO4)nc2)nc1Nc1ccc2oc(=O)[nH]c2c1. The van der Waals surface area contributed by atoms with Gasteiger partial charge in [0.25, 0.3) is 0 Å². The third-order valence-electron chi connectivity index (χ3n) is 5.85. The fourth-order valence-corrected chi connectivity index (χ4v) is 4.23. The van der Waals surface area contributed by atoms with Gasteiger partial charge in [-0.15, -0.1) is 0 Å². The van der Waals surface area contributed by atoms with Crippen LogP contribution < -0.4 is 21.3 Å². The van der Waals surface area contributed by atoms with Crippen molar-refractivity contribution in [3.8, 4) is 0 Å². The highest BCUT2D eigenvalue weighted by molar-refractivity contribution is 5.78. The molecule has 3 N–H and O–H groups in total. The standard InChI is InChI=1S/C22H21N7O3/c1-12-8-24-21(28-20(12)25-13-2-4-18-17(6-13)27-22(30)32-18)26-14-3-5-19(23-9-14)29-10-16-7-15(29)11-31-16/h2-6,8-9,15-16H,7,10-11H2,1H3,(H,27,30)(H2,24,25,26,28)/t15-,16-/m0/s1. The van der Waals surface area contributed by atoms with Gasteiger partial charge in [0.15, 0.2) is 5.58 Å². The lowest BCUT2D eigenvalue weighted by Crippen LogP contribution is -2.37. The summed E-state index contributed by atoms with van der Waals surface area (Å²) in [5, 5.41) is 6.48. The van der Waals surface area contributed by atoms with Crippen molar-refractivity contribution in [2.45, 2.75) is 25.5 Å². The molecular formula is C22H21N7O3. The number of anilines is 5. The lowest BCUT2D eigenvalue weighted by molar-refractivity contribution is 0.0989. The van der Waals surface area contributed by atoms with Crippen LogP contribution in [0.2, 0.25) is 0 Å². The van der Waals surface area contributed by atoms with E-state index >= 15 is 0 Å². The molecule has 0 amide bonds. The van der Waals surface area contributed by atoms with E-state index in [0.717, 1.165) is 42.3 Å². The van der Waals surface area contributed by atoms with E-state index in [1.54, 1.807) is 24.5 Å². The molecule has 0 saturated carbocycles. The number of morpholine rings is 1. The molecule has 1 aromatic carbocycles. The molecule has 5 heterocycles. The summed E-state index contributed by atoms with van der Waals surface area (Å²) in [7, 11) is 0. The summed E-state index contributed by atoms with van der Waals surface area (Å²) in [6.45, 7) is 3.61. The molecule has 6 rings (SSSR count). The maximum absolute atomic E-state index is 11.4. The first-order valence-electron chi connectivity index (χ1n) is 10.5. The molecule has 10 nitrogen and oxygen atoms in total. The maximum Gasteiger partial charge on any atom is 0.417 e. The van der Waals surface area contributed by atoms with Crippen LogP contribution in [-0.4, -0.2) is 45.2 Å². The number of H-pyrrole nitrogens is 1. The van der Waals surface area contributed by atoms with E-state index in [1.807, 2.05) is 25.1 Å². The number of pyridine rings is 1. The zero-order valence-electron chi connectivity index (χ0n) is 17.3. The summed E-state index contributed by atoms with van der Waals surface area (Å²) in [5.41, 5.74) is 3.59. The van der Waals surface area contributed by atoms with Crippen LogP contribution in [0.25, 0.3) is 11.1 Å². The van der Waals surface area contributed by atoms with Crippen molar-refractivity contribution in [1.29, 1.82) is 0 Å². The first-order valence-corrected chi connectivity index (χ1v) is 10.5. The summed E-state index contributed by atoms with van der Waals surface area (Å²) in [6, 6.07) is 9.78. The Hall–Kier alpha value is -3.92. The molecule has 2 saturated heterocycles. The van der Waals surface area contributed by atoms with Crippen LogP contribution in [0.1, 0.15) is 12.0 Å². The van der Waals surface area contributed by atoms with Gasteiger partial charge in [0, 0.05) is 24.0 Å². The molecule has 162 valence electrons. The highest BCUT2D eigenvalue weighted by Gasteiger charge is 2.39. The van der Waals surface area contributed by atoms with E-state index in [9.17, 15) is 4.79 Å². The fraction of sp³-hybridized carbons (Fsp3) is 0.273. The molecule has 4 aromatic rings. The van der Waals surface area contributed by atoms with Crippen molar-refractivity contribution in [2.75, 3.05) is 28.7 Å². The zero-order valence-corrected chi connectivity index (χ0v) is 17.3. The quantitative estimate of drug-likeness (QED) is 0.438. The summed E-state index contributed by atoms with van der Waals surface area (Å²) in [4.78, 5) is 29.9. The second-order valence-electron chi connectivity index (χ2n) is 8.10. The average Bonchev–Trinajstić information content (AvgIpc) is 3.51. The number of hydrogen-bond donors (Lipinski definition) is 3. The van der Waals surface area contributed by atoms with E-state index in [0.29, 0.717) is 35.0 Å². The van der Waals surface area contributed by atoms with Gasteiger partial charge in [-0.05, 0) is 43.7 Å². The van der Waals surface area contributed by atoms with Crippen LogP contribution in [-0.2, 0) is 4.74 Å². The van der Waals surface area contributed by atoms with Crippen LogP contribution >= 0.6 is 0 Å². The van der Waals surface area contributed by atoms with Gasteiger partial charge < -0.3 is 24.7 Å². The van der Waals surface area contributed by atoms with Gasteiger partial charge in [-0.3, -0.25) is 4.98 Å². The second kappa shape index (κ2) is 7.34. The second-order valence-corrected chi connectivity index (χ2v) is 8.10. The Kier molecular flexibility index (Phi) is 4.32. The third kappa shape index (κ3) is 3.44. The number of aromatic nitrogens is 4.